The fourth-order valence-electron chi connectivity index (χ4n) is 6.20. The van der Waals surface area contributed by atoms with Gasteiger partial charge in [0.15, 0.2) is 0 Å². The Bertz CT molecular complexity index is 2460. The lowest BCUT2D eigenvalue weighted by atomic mass is 9.99. The van der Waals surface area contributed by atoms with Gasteiger partial charge in [-0.2, -0.15) is 0 Å². The molecule has 40 heavy (non-hydrogen) atoms. The van der Waals surface area contributed by atoms with E-state index < -0.39 is 0 Å². The quantitative estimate of drug-likeness (QED) is 0.231. The van der Waals surface area contributed by atoms with Crippen LogP contribution in [-0.2, 0) is 0 Å². The molecule has 0 aliphatic rings. The van der Waals surface area contributed by atoms with Crippen LogP contribution in [0.3, 0.4) is 0 Å². The Hall–Kier alpha value is -5.35. The van der Waals surface area contributed by atoms with Gasteiger partial charge in [0.2, 0.25) is 0 Å². The van der Waals surface area contributed by atoms with Crippen molar-refractivity contribution in [2.45, 2.75) is 6.92 Å². The number of aryl methyl sites for hydroxylation is 1. The van der Waals surface area contributed by atoms with Crippen molar-refractivity contribution < 1.29 is 8.83 Å². The van der Waals surface area contributed by atoms with Crippen molar-refractivity contribution in [1.82, 2.24) is 9.55 Å². The summed E-state index contributed by atoms with van der Waals surface area (Å²) in [5, 5.41) is 6.74. The van der Waals surface area contributed by atoms with Crippen LogP contribution in [0.15, 0.2) is 124 Å². The molecule has 0 saturated heterocycles. The van der Waals surface area contributed by atoms with E-state index in [1.807, 2.05) is 24.3 Å². The second-order valence-electron chi connectivity index (χ2n) is 10.5. The molecular formula is C36H22N2O2. The van der Waals surface area contributed by atoms with Gasteiger partial charge in [-0.05, 0) is 89.5 Å². The Labute approximate surface area is 228 Å². The van der Waals surface area contributed by atoms with Crippen molar-refractivity contribution in [2.75, 3.05) is 0 Å². The number of fused-ring (bicyclic) bond motifs is 8. The van der Waals surface area contributed by atoms with E-state index in [-0.39, 0.29) is 0 Å². The van der Waals surface area contributed by atoms with Gasteiger partial charge in [0.25, 0.3) is 0 Å². The molecular weight excluding hydrogens is 492 g/mol. The van der Waals surface area contributed by atoms with Crippen LogP contribution in [0.4, 0.5) is 0 Å². The van der Waals surface area contributed by atoms with E-state index in [4.69, 9.17) is 13.8 Å². The van der Waals surface area contributed by atoms with Gasteiger partial charge in [-0.15, -0.1) is 0 Å². The van der Waals surface area contributed by atoms with Crippen LogP contribution in [0.2, 0.25) is 0 Å². The highest BCUT2D eigenvalue weighted by atomic mass is 16.3. The summed E-state index contributed by atoms with van der Waals surface area (Å²) in [6.07, 6.45) is 0. The minimum Gasteiger partial charge on any atom is -0.456 e. The molecule has 4 nitrogen and oxygen atoms in total. The molecule has 6 aromatic carbocycles. The van der Waals surface area contributed by atoms with Crippen LogP contribution in [0.1, 0.15) is 5.82 Å². The minimum absolute atomic E-state index is 0.875. The number of hydrogen-bond donors (Lipinski definition) is 0. The van der Waals surface area contributed by atoms with Gasteiger partial charge in [0.1, 0.15) is 28.2 Å². The Morgan fingerprint density at radius 2 is 1.18 bits per heavy atom. The molecule has 0 fully saturated rings. The smallest absolute Gasteiger partial charge is 0.136 e. The number of benzene rings is 6. The molecule has 0 unspecified atom stereocenters. The molecule has 0 saturated carbocycles. The van der Waals surface area contributed by atoms with Crippen LogP contribution < -0.4 is 0 Å². The highest BCUT2D eigenvalue weighted by molar-refractivity contribution is 6.15. The predicted octanol–water partition coefficient (Wildman–Crippen LogP) is 9.95. The maximum atomic E-state index is 6.28. The van der Waals surface area contributed by atoms with E-state index in [9.17, 15) is 0 Å². The molecule has 0 bridgehead atoms. The number of rotatable bonds is 2. The molecule has 9 rings (SSSR count). The van der Waals surface area contributed by atoms with Crippen molar-refractivity contribution in [3.63, 3.8) is 0 Å². The van der Waals surface area contributed by atoms with Gasteiger partial charge in [0.05, 0.1) is 11.0 Å². The zero-order valence-electron chi connectivity index (χ0n) is 21.7. The number of furan rings is 2. The monoisotopic (exact) mass is 514 g/mol. The lowest BCUT2D eigenvalue weighted by Gasteiger charge is -2.10. The van der Waals surface area contributed by atoms with Gasteiger partial charge in [-0.1, -0.05) is 54.6 Å². The summed E-state index contributed by atoms with van der Waals surface area (Å²) < 4.78 is 14.7. The van der Waals surface area contributed by atoms with Crippen molar-refractivity contribution >= 4 is 65.7 Å². The molecule has 0 radical (unpaired) electrons. The van der Waals surface area contributed by atoms with E-state index in [0.29, 0.717) is 0 Å². The lowest BCUT2D eigenvalue weighted by molar-refractivity contribution is 0.664. The molecule has 0 spiro atoms. The first kappa shape index (κ1) is 21.6. The highest BCUT2D eigenvalue weighted by Gasteiger charge is 2.14. The van der Waals surface area contributed by atoms with Crippen molar-refractivity contribution in [3.8, 4) is 16.8 Å². The van der Waals surface area contributed by atoms with Crippen LogP contribution in [-0.4, -0.2) is 9.55 Å². The average molecular weight is 515 g/mol. The van der Waals surface area contributed by atoms with Crippen LogP contribution >= 0.6 is 0 Å². The Balaban J connectivity index is 1.16. The van der Waals surface area contributed by atoms with Gasteiger partial charge < -0.3 is 8.83 Å². The SMILES string of the molecule is Cc1nc2ccccc2n1-c1ccc2cc(-c3ccc4oc5cc6c(cc5c4c3)oc3ccccc36)ccc2c1. The summed E-state index contributed by atoms with van der Waals surface area (Å²) in [5.41, 5.74) is 9.11. The maximum absolute atomic E-state index is 6.28. The number of aromatic nitrogens is 2. The minimum atomic E-state index is 0.875. The molecule has 3 heterocycles. The number of nitrogens with zero attached hydrogens (tertiary/aromatic N) is 2. The summed E-state index contributed by atoms with van der Waals surface area (Å²) in [6.45, 7) is 2.06. The fourth-order valence-corrected chi connectivity index (χ4v) is 6.20. The second-order valence-corrected chi connectivity index (χ2v) is 10.5. The topological polar surface area (TPSA) is 44.1 Å². The van der Waals surface area contributed by atoms with E-state index >= 15 is 0 Å². The zero-order valence-corrected chi connectivity index (χ0v) is 21.7. The number of hydrogen-bond acceptors (Lipinski definition) is 3. The predicted molar refractivity (Wildman–Crippen MR) is 163 cm³/mol. The highest BCUT2D eigenvalue weighted by Crippen LogP contribution is 2.38. The molecule has 0 N–H and O–H groups in total. The third-order valence-electron chi connectivity index (χ3n) is 8.11. The standard InChI is InChI=1S/C36H22N2O2/c1-21-37-31-7-3-4-8-32(31)38(21)26-14-12-23-16-22(10-11-24(23)17-26)25-13-15-34-28(18-25)30-20-35-29(19-36(30)40-34)27-6-2-5-9-33(27)39-35/h2-20H,1H3. The molecule has 0 amide bonds. The second kappa shape index (κ2) is 7.84. The molecule has 9 aromatic rings. The summed E-state index contributed by atoms with van der Waals surface area (Å²) in [7, 11) is 0. The van der Waals surface area contributed by atoms with Gasteiger partial charge in [0, 0.05) is 27.2 Å². The largest absolute Gasteiger partial charge is 0.456 e. The summed E-state index contributed by atoms with van der Waals surface area (Å²) in [5.74, 6) is 0.984. The first-order chi connectivity index (χ1) is 19.7. The third-order valence-corrected chi connectivity index (χ3v) is 8.11. The summed E-state index contributed by atoms with van der Waals surface area (Å²) in [6, 6.07) is 40.4. The number of imidazole rings is 1. The molecule has 0 atom stereocenters. The Morgan fingerprint density at radius 1 is 0.525 bits per heavy atom. The van der Waals surface area contributed by atoms with Crippen molar-refractivity contribution in [1.29, 1.82) is 0 Å². The Kier molecular flexibility index (Phi) is 4.23. The fraction of sp³-hybridized carbons (Fsp3) is 0.0278. The van der Waals surface area contributed by atoms with Gasteiger partial charge >= 0.3 is 0 Å². The van der Waals surface area contributed by atoms with Crippen LogP contribution in [0.25, 0.3) is 82.5 Å². The maximum Gasteiger partial charge on any atom is 0.136 e. The molecule has 3 aromatic heterocycles. The zero-order chi connectivity index (χ0) is 26.4. The Morgan fingerprint density at radius 3 is 2.08 bits per heavy atom. The third kappa shape index (κ3) is 3.04. The molecule has 0 aliphatic carbocycles. The molecule has 188 valence electrons. The number of para-hydroxylation sites is 3. The van der Waals surface area contributed by atoms with Crippen LogP contribution in [0.5, 0.6) is 0 Å². The molecule has 4 heteroatoms. The lowest BCUT2D eigenvalue weighted by Crippen LogP contribution is -1.96. The first-order valence-electron chi connectivity index (χ1n) is 13.5. The first-order valence-corrected chi connectivity index (χ1v) is 13.5. The average Bonchev–Trinajstić information content (AvgIpc) is 3.64. The van der Waals surface area contributed by atoms with Crippen molar-refractivity contribution in [2.24, 2.45) is 0 Å². The van der Waals surface area contributed by atoms with Crippen LogP contribution in [0, 0.1) is 6.92 Å². The van der Waals surface area contributed by atoms with E-state index in [1.54, 1.807) is 0 Å². The van der Waals surface area contributed by atoms with Gasteiger partial charge in [-0.3, -0.25) is 4.57 Å². The van der Waals surface area contributed by atoms with Crippen molar-refractivity contribution in [3.05, 3.63) is 121 Å². The summed E-state index contributed by atoms with van der Waals surface area (Å²) >= 11 is 0. The molecule has 0 aliphatic heterocycles. The van der Waals surface area contributed by atoms with E-state index in [0.717, 1.165) is 72.0 Å². The normalized spacial score (nSPS) is 12.1. The summed E-state index contributed by atoms with van der Waals surface area (Å²) in [4.78, 5) is 4.74. The van der Waals surface area contributed by atoms with E-state index in [2.05, 4.69) is 102 Å². The van der Waals surface area contributed by atoms with Gasteiger partial charge in [-0.25, -0.2) is 4.98 Å². The van der Waals surface area contributed by atoms with E-state index in [1.165, 1.54) is 16.3 Å².